The van der Waals surface area contributed by atoms with Gasteiger partial charge in [-0.2, -0.15) is 0 Å². The van der Waals surface area contributed by atoms with Crippen LogP contribution in [0.5, 0.6) is 5.75 Å². The van der Waals surface area contributed by atoms with Gasteiger partial charge in [-0.1, -0.05) is 18.2 Å². The third-order valence-electron chi connectivity index (χ3n) is 3.06. The van der Waals surface area contributed by atoms with Crippen LogP contribution in [0.15, 0.2) is 36.4 Å². The summed E-state index contributed by atoms with van der Waals surface area (Å²) in [5.41, 5.74) is 3.30. The van der Waals surface area contributed by atoms with E-state index >= 15 is 0 Å². The normalized spacial score (nSPS) is 15.3. The van der Waals surface area contributed by atoms with Crippen molar-refractivity contribution in [1.29, 1.82) is 0 Å². The highest BCUT2D eigenvalue weighted by Gasteiger charge is 2.23. The Morgan fingerprint density at radius 3 is 2.45 bits per heavy atom. The molecule has 0 saturated carbocycles. The maximum atomic E-state index is 12.0. The summed E-state index contributed by atoms with van der Waals surface area (Å²) in [6.45, 7) is 0. The van der Waals surface area contributed by atoms with Gasteiger partial charge in [0.25, 0.3) is 5.91 Å². The first-order valence-corrected chi connectivity index (χ1v) is 8.02. The average molecular weight is 489 g/mol. The summed E-state index contributed by atoms with van der Waals surface area (Å²) in [6.07, 6.45) is 1.85. The molecule has 0 saturated heterocycles. The molecule has 0 unspecified atom stereocenters. The fourth-order valence-electron chi connectivity index (χ4n) is 2.12. The molecular formula is C15H9I2NO2. The fraction of sp³-hybridized carbons (Fsp3) is 0. The lowest BCUT2D eigenvalue weighted by atomic mass is 10.0. The number of hydrogen-bond acceptors (Lipinski definition) is 2. The van der Waals surface area contributed by atoms with Crippen molar-refractivity contribution >= 4 is 68.4 Å². The molecule has 2 N–H and O–H groups in total. The highest BCUT2D eigenvalue weighted by Crippen LogP contribution is 2.34. The van der Waals surface area contributed by atoms with E-state index in [4.69, 9.17) is 0 Å². The van der Waals surface area contributed by atoms with Crippen molar-refractivity contribution in [3.63, 3.8) is 0 Å². The quantitative estimate of drug-likeness (QED) is 0.469. The number of carbonyl (C=O) groups is 1. The smallest absolute Gasteiger partial charge is 0.256 e. The number of rotatable bonds is 1. The molecule has 0 aliphatic carbocycles. The second-order valence-electron chi connectivity index (χ2n) is 4.39. The Morgan fingerprint density at radius 1 is 1.10 bits per heavy atom. The summed E-state index contributed by atoms with van der Waals surface area (Å²) in [6, 6.07) is 11.3. The number of para-hydroxylation sites is 1. The van der Waals surface area contributed by atoms with Crippen LogP contribution in [0, 0.1) is 7.14 Å². The van der Waals surface area contributed by atoms with E-state index in [2.05, 4.69) is 50.5 Å². The molecule has 100 valence electrons. The number of phenols is 1. The van der Waals surface area contributed by atoms with Gasteiger partial charge < -0.3 is 10.4 Å². The van der Waals surface area contributed by atoms with Crippen LogP contribution in [0.2, 0.25) is 0 Å². The minimum Gasteiger partial charge on any atom is -0.506 e. The van der Waals surface area contributed by atoms with Crippen molar-refractivity contribution in [3.05, 3.63) is 54.7 Å². The Bertz CT molecular complexity index is 730. The lowest BCUT2D eigenvalue weighted by Crippen LogP contribution is -2.03. The number of aromatic hydroxyl groups is 1. The number of hydrogen-bond donors (Lipinski definition) is 2. The molecule has 5 heteroatoms. The molecule has 1 amide bonds. The molecule has 3 nitrogen and oxygen atoms in total. The number of phenolic OH excluding ortho intramolecular Hbond substituents is 1. The SMILES string of the molecule is O=C1Nc2ccccc2/C1=C/c1cc(I)c(O)c(I)c1. The summed E-state index contributed by atoms with van der Waals surface area (Å²) in [5, 5.41) is 12.6. The van der Waals surface area contributed by atoms with E-state index in [1.54, 1.807) is 0 Å². The van der Waals surface area contributed by atoms with E-state index in [0.717, 1.165) is 24.0 Å². The topological polar surface area (TPSA) is 49.3 Å². The van der Waals surface area contributed by atoms with Crippen molar-refractivity contribution in [2.45, 2.75) is 0 Å². The first-order chi connectivity index (χ1) is 9.56. The van der Waals surface area contributed by atoms with Crippen molar-refractivity contribution < 1.29 is 9.90 Å². The van der Waals surface area contributed by atoms with Gasteiger partial charge in [-0.05, 0) is 75.0 Å². The van der Waals surface area contributed by atoms with Gasteiger partial charge in [0.1, 0.15) is 5.75 Å². The number of halogens is 2. The number of anilines is 1. The van der Waals surface area contributed by atoms with E-state index in [9.17, 15) is 9.90 Å². The van der Waals surface area contributed by atoms with Crippen LogP contribution in [-0.2, 0) is 4.79 Å². The largest absolute Gasteiger partial charge is 0.506 e. The number of amides is 1. The van der Waals surface area contributed by atoms with Crippen LogP contribution in [-0.4, -0.2) is 11.0 Å². The van der Waals surface area contributed by atoms with E-state index in [1.807, 2.05) is 42.5 Å². The van der Waals surface area contributed by atoms with Crippen LogP contribution in [0.4, 0.5) is 5.69 Å². The van der Waals surface area contributed by atoms with Gasteiger partial charge >= 0.3 is 0 Å². The van der Waals surface area contributed by atoms with Gasteiger partial charge in [-0.15, -0.1) is 0 Å². The molecule has 3 rings (SSSR count). The predicted molar refractivity (Wildman–Crippen MR) is 96.5 cm³/mol. The van der Waals surface area contributed by atoms with E-state index in [-0.39, 0.29) is 11.7 Å². The molecule has 0 aromatic heterocycles. The summed E-state index contributed by atoms with van der Waals surface area (Å²) in [5.74, 6) is 0.189. The van der Waals surface area contributed by atoms with E-state index in [0.29, 0.717) is 5.57 Å². The molecule has 20 heavy (non-hydrogen) atoms. The minimum absolute atomic E-state index is 0.0932. The zero-order chi connectivity index (χ0) is 14.3. The average Bonchev–Trinajstić information content (AvgIpc) is 2.73. The van der Waals surface area contributed by atoms with E-state index in [1.165, 1.54) is 0 Å². The second kappa shape index (κ2) is 5.36. The first-order valence-electron chi connectivity index (χ1n) is 5.87. The van der Waals surface area contributed by atoms with Crippen molar-refractivity contribution in [1.82, 2.24) is 0 Å². The predicted octanol–water partition coefficient (Wildman–Crippen LogP) is 4.09. The lowest BCUT2D eigenvalue weighted by molar-refractivity contribution is -0.110. The van der Waals surface area contributed by atoms with Crippen LogP contribution in [0.25, 0.3) is 11.6 Å². The van der Waals surface area contributed by atoms with Gasteiger partial charge in [0.2, 0.25) is 0 Å². The third-order valence-corrected chi connectivity index (χ3v) is 4.70. The van der Waals surface area contributed by atoms with Gasteiger partial charge in [0.15, 0.2) is 0 Å². The number of fused-ring (bicyclic) bond motifs is 1. The zero-order valence-electron chi connectivity index (χ0n) is 10.2. The lowest BCUT2D eigenvalue weighted by Gasteiger charge is -2.03. The van der Waals surface area contributed by atoms with Gasteiger partial charge in [-0.25, -0.2) is 0 Å². The molecule has 2 aromatic carbocycles. The van der Waals surface area contributed by atoms with Crippen LogP contribution >= 0.6 is 45.2 Å². The molecule has 0 fully saturated rings. The van der Waals surface area contributed by atoms with Crippen LogP contribution in [0.3, 0.4) is 0 Å². The molecule has 0 radical (unpaired) electrons. The Hall–Kier alpha value is -1.09. The van der Waals surface area contributed by atoms with Crippen molar-refractivity contribution in [3.8, 4) is 5.75 Å². The Kier molecular flexibility index (Phi) is 3.72. The Morgan fingerprint density at radius 2 is 1.75 bits per heavy atom. The van der Waals surface area contributed by atoms with Crippen LogP contribution in [0.1, 0.15) is 11.1 Å². The molecule has 1 aliphatic heterocycles. The van der Waals surface area contributed by atoms with E-state index < -0.39 is 0 Å². The molecule has 0 spiro atoms. The van der Waals surface area contributed by atoms with Crippen LogP contribution < -0.4 is 5.32 Å². The molecule has 0 atom stereocenters. The third kappa shape index (κ3) is 2.44. The summed E-state index contributed by atoms with van der Waals surface area (Å²) < 4.78 is 1.54. The molecule has 2 aromatic rings. The maximum Gasteiger partial charge on any atom is 0.256 e. The monoisotopic (exact) mass is 489 g/mol. The standard InChI is InChI=1S/C15H9I2NO2/c16-11-6-8(7-12(17)14(11)19)5-10-9-3-1-2-4-13(9)18-15(10)20/h1-7,19H,(H,18,20)/b10-5-. The molecule has 1 aliphatic rings. The highest BCUT2D eigenvalue weighted by atomic mass is 127. The first kappa shape index (κ1) is 13.9. The summed E-state index contributed by atoms with van der Waals surface area (Å²) in [4.78, 5) is 12.0. The second-order valence-corrected chi connectivity index (χ2v) is 6.72. The van der Waals surface area contributed by atoms with Gasteiger partial charge in [0, 0.05) is 16.8 Å². The van der Waals surface area contributed by atoms with Gasteiger partial charge in [0.05, 0.1) is 7.14 Å². The molecular weight excluding hydrogens is 480 g/mol. The van der Waals surface area contributed by atoms with Gasteiger partial charge in [-0.3, -0.25) is 4.79 Å². The molecule has 1 heterocycles. The van der Waals surface area contributed by atoms with Crippen molar-refractivity contribution in [2.24, 2.45) is 0 Å². The number of carbonyl (C=O) groups excluding carboxylic acids is 1. The van der Waals surface area contributed by atoms with Crippen molar-refractivity contribution in [2.75, 3.05) is 5.32 Å². The molecule has 0 bridgehead atoms. The zero-order valence-corrected chi connectivity index (χ0v) is 14.5. The summed E-state index contributed by atoms with van der Waals surface area (Å²) >= 11 is 4.17. The number of benzene rings is 2. The summed E-state index contributed by atoms with van der Waals surface area (Å²) in [7, 11) is 0. The minimum atomic E-state index is -0.0932. The number of nitrogens with one attached hydrogen (secondary N) is 1. The Balaban J connectivity index is 2.11. The fourth-order valence-corrected chi connectivity index (χ4v) is 3.93. The highest BCUT2D eigenvalue weighted by molar-refractivity contribution is 14.1. The Labute approximate surface area is 143 Å². The maximum absolute atomic E-state index is 12.0.